The van der Waals surface area contributed by atoms with Gasteiger partial charge in [0, 0.05) is 37.3 Å². The van der Waals surface area contributed by atoms with Crippen LogP contribution in [-0.4, -0.2) is 56.7 Å². The fraction of sp³-hybridized carbons (Fsp3) is 0.391. The van der Waals surface area contributed by atoms with Gasteiger partial charge >= 0.3 is 0 Å². The predicted octanol–water partition coefficient (Wildman–Crippen LogP) is 2.06. The molecule has 7 nitrogen and oxygen atoms in total. The van der Waals surface area contributed by atoms with E-state index in [-0.39, 0.29) is 37.0 Å². The molecule has 7 heteroatoms. The molecule has 1 saturated heterocycles. The highest BCUT2D eigenvalue weighted by Gasteiger charge is 2.35. The van der Waals surface area contributed by atoms with E-state index in [0.717, 1.165) is 12.1 Å². The number of carbonyl (C=O) groups is 2. The molecular formula is C23H27N3O4. The van der Waals surface area contributed by atoms with Crippen LogP contribution in [0, 0.1) is 5.92 Å². The highest BCUT2D eigenvalue weighted by Crippen LogP contribution is 2.37. The summed E-state index contributed by atoms with van der Waals surface area (Å²) < 4.78 is 10.7. The number of ether oxygens (including phenoxy) is 2. The quantitative estimate of drug-likeness (QED) is 0.758. The Balaban J connectivity index is 1.35. The minimum Gasteiger partial charge on any atom is -0.454 e. The maximum absolute atomic E-state index is 12.8. The van der Waals surface area contributed by atoms with Crippen LogP contribution < -0.4 is 19.7 Å². The third-order valence-electron chi connectivity index (χ3n) is 5.72. The van der Waals surface area contributed by atoms with Crippen LogP contribution in [0.5, 0.6) is 11.5 Å². The van der Waals surface area contributed by atoms with Gasteiger partial charge in [-0.25, -0.2) is 0 Å². The van der Waals surface area contributed by atoms with E-state index in [0.29, 0.717) is 24.6 Å². The molecule has 0 saturated carbocycles. The normalized spacial score (nSPS) is 18.7. The molecule has 0 aliphatic carbocycles. The van der Waals surface area contributed by atoms with Crippen molar-refractivity contribution in [1.82, 2.24) is 10.2 Å². The molecular weight excluding hydrogens is 382 g/mol. The van der Waals surface area contributed by atoms with Crippen molar-refractivity contribution >= 4 is 17.5 Å². The van der Waals surface area contributed by atoms with Crippen molar-refractivity contribution in [3.05, 3.63) is 54.1 Å². The van der Waals surface area contributed by atoms with Crippen molar-refractivity contribution in [1.29, 1.82) is 0 Å². The van der Waals surface area contributed by atoms with E-state index in [1.807, 2.05) is 38.4 Å². The Kier molecular flexibility index (Phi) is 5.90. The molecule has 1 fully saturated rings. The summed E-state index contributed by atoms with van der Waals surface area (Å²) in [5, 5.41) is 3.06. The van der Waals surface area contributed by atoms with Crippen molar-refractivity contribution in [2.45, 2.75) is 18.9 Å². The van der Waals surface area contributed by atoms with Crippen molar-refractivity contribution in [3.63, 3.8) is 0 Å². The molecule has 0 bridgehead atoms. The summed E-state index contributed by atoms with van der Waals surface area (Å²) >= 11 is 0. The van der Waals surface area contributed by atoms with Crippen LogP contribution in [0.3, 0.4) is 0 Å². The highest BCUT2D eigenvalue weighted by molar-refractivity contribution is 6.00. The van der Waals surface area contributed by atoms with Crippen molar-refractivity contribution in [2.75, 3.05) is 38.9 Å². The summed E-state index contributed by atoms with van der Waals surface area (Å²) in [6, 6.07) is 15.8. The average Bonchev–Trinajstić information content (AvgIpc) is 3.37. The molecule has 2 aromatic carbocycles. The van der Waals surface area contributed by atoms with E-state index in [1.165, 1.54) is 5.56 Å². The van der Waals surface area contributed by atoms with Crippen LogP contribution in [0.4, 0.5) is 5.69 Å². The van der Waals surface area contributed by atoms with Gasteiger partial charge in [-0.2, -0.15) is 0 Å². The lowest BCUT2D eigenvalue weighted by atomic mass is 10.0. The minimum absolute atomic E-state index is 0.0533. The maximum Gasteiger partial charge on any atom is 0.231 e. The Morgan fingerprint density at radius 1 is 1.17 bits per heavy atom. The third-order valence-corrected chi connectivity index (χ3v) is 5.72. The van der Waals surface area contributed by atoms with Gasteiger partial charge in [0.15, 0.2) is 11.5 Å². The van der Waals surface area contributed by atoms with Crippen molar-refractivity contribution in [2.24, 2.45) is 5.92 Å². The van der Waals surface area contributed by atoms with Gasteiger partial charge < -0.3 is 24.6 Å². The topological polar surface area (TPSA) is 71.1 Å². The van der Waals surface area contributed by atoms with E-state index in [9.17, 15) is 9.59 Å². The third kappa shape index (κ3) is 4.41. The van der Waals surface area contributed by atoms with Gasteiger partial charge in [-0.15, -0.1) is 0 Å². The van der Waals surface area contributed by atoms with Crippen LogP contribution in [0.25, 0.3) is 0 Å². The number of carbonyl (C=O) groups excluding carboxylic acids is 2. The second-order valence-electron chi connectivity index (χ2n) is 8.00. The first-order valence-electron chi connectivity index (χ1n) is 10.2. The monoisotopic (exact) mass is 409 g/mol. The SMILES string of the molecule is CN(C)[C@@H](CNC(=O)[C@@H]1CC(=O)N(c2ccc3c(c2)OCO3)C1)Cc1ccccc1. The van der Waals surface area contributed by atoms with Crippen LogP contribution in [0.15, 0.2) is 48.5 Å². The summed E-state index contributed by atoms with van der Waals surface area (Å²) in [6.07, 6.45) is 1.06. The molecule has 2 heterocycles. The molecule has 0 radical (unpaired) electrons. The summed E-state index contributed by atoms with van der Waals surface area (Å²) in [6.45, 7) is 1.10. The van der Waals surface area contributed by atoms with Gasteiger partial charge in [-0.05, 0) is 38.2 Å². The number of amides is 2. The van der Waals surface area contributed by atoms with Crippen LogP contribution in [0.2, 0.25) is 0 Å². The number of nitrogens with zero attached hydrogens (tertiary/aromatic N) is 2. The molecule has 4 rings (SSSR count). The summed E-state index contributed by atoms with van der Waals surface area (Å²) in [5.41, 5.74) is 1.96. The fourth-order valence-corrected chi connectivity index (χ4v) is 3.87. The summed E-state index contributed by atoms with van der Waals surface area (Å²) in [7, 11) is 4.03. The molecule has 2 aliphatic heterocycles. The van der Waals surface area contributed by atoms with E-state index in [1.54, 1.807) is 17.0 Å². The van der Waals surface area contributed by atoms with Crippen LogP contribution >= 0.6 is 0 Å². The first-order valence-corrected chi connectivity index (χ1v) is 10.2. The second kappa shape index (κ2) is 8.75. The largest absolute Gasteiger partial charge is 0.454 e. The van der Waals surface area contributed by atoms with Gasteiger partial charge in [-0.3, -0.25) is 9.59 Å². The first kappa shape index (κ1) is 20.2. The lowest BCUT2D eigenvalue weighted by Crippen LogP contribution is -2.43. The lowest BCUT2D eigenvalue weighted by molar-refractivity contribution is -0.126. The number of hydrogen-bond donors (Lipinski definition) is 1. The first-order chi connectivity index (χ1) is 14.5. The van der Waals surface area contributed by atoms with Gasteiger partial charge in [0.25, 0.3) is 0 Å². The molecule has 0 unspecified atom stereocenters. The summed E-state index contributed by atoms with van der Waals surface area (Å²) in [5.74, 6) is 0.812. The van der Waals surface area contributed by atoms with E-state index >= 15 is 0 Å². The van der Waals surface area contributed by atoms with Crippen LogP contribution in [0.1, 0.15) is 12.0 Å². The number of hydrogen-bond acceptors (Lipinski definition) is 5. The number of nitrogens with one attached hydrogen (secondary N) is 1. The number of likely N-dealkylation sites (N-methyl/N-ethyl adjacent to an activating group) is 1. The average molecular weight is 409 g/mol. The molecule has 1 N–H and O–H groups in total. The number of benzene rings is 2. The minimum atomic E-state index is -0.359. The van der Waals surface area contributed by atoms with E-state index in [4.69, 9.17) is 9.47 Å². The molecule has 2 aliphatic rings. The second-order valence-corrected chi connectivity index (χ2v) is 8.00. The number of fused-ring (bicyclic) bond motifs is 1. The van der Waals surface area contributed by atoms with Gasteiger partial charge in [-0.1, -0.05) is 30.3 Å². The summed E-state index contributed by atoms with van der Waals surface area (Å²) in [4.78, 5) is 29.1. The van der Waals surface area contributed by atoms with Crippen LogP contribution in [-0.2, 0) is 16.0 Å². The molecule has 158 valence electrons. The Bertz CT molecular complexity index is 916. The maximum atomic E-state index is 12.8. The van der Waals surface area contributed by atoms with Gasteiger partial charge in [0.1, 0.15) is 0 Å². The standard InChI is InChI=1S/C23H27N3O4/c1-25(2)19(10-16-6-4-3-5-7-16)13-24-23(28)17-11-22(27)26(14-17)18-8-9-20-21(12-18)30-15-29-20/h3-9,12,17,19H,10-11,13-15H2,1-2H3,(H,24,28)/t17-,19-/m1/s1. The van der Waals surface area contributed by atoms with Crippen molar-refractivity contribution < 1.29 is 19.1 Å². The zero-order valence-electron chi connectivity index (χ0n) is 17.3. The number of anilines is 1. The number of rotatable bonds is 7. The Labute approximate surface area is 176 Å². The van der Waals surface area contributed by atoms with Gasteiger partial charge in [0.2, 0.25) is 18.6 Å². The Hall–Kier alpha value is -3.06. The lowest BCUT2D eigenvalue weighted by Gasteiger charge is -2.25. The van der Waals surface area contributed by atoms with Gasteiger partial charge in [0.05, 0.1) is 5.92 Å². The fourth-order valence-electron chi connectivity index (χ4n) is 3.87. The molecule has 30 heavy (non-hydrogen) atoms. The molecule has 0 spiro atoms. The zero-order valence-corrected chi connectivity index (χ0v) is 17.3. The zero-order chi connectivity index (χ0) is 21.1. The smallest absolute Gasteiger partial charge is 0.231 e. The van der Waals surface area contributed by atoms with E-state index in [2.05, 4.69) is 22.3 Å². The molecule has 0 aromatic heterocycles. The molecule has 2 atom stereocenters. The highest BCUT2D eigenvalue weighted by atomic mass is 16.7. The predicted molar refractivity (Wildman–Crippen MR) is 114 cm³/mol. The van der Waals surface area contributed by atoms with E-state index < -0.39 is 0 Å². The molecule has 2 amide bonds. The Morgan fingerprint density at radius 2 is 1.93 bits per heavy atom. The Morgan fingerprint density at radius 3 is 2.70 bits per heavy atom. The van der Waals surface area contributed by atoms with Crippen molar-refractivity contribution in [3.8, 4) is 11.5 Å². The molecule has 2 aromatic rings.